The van der Waals surface area contributed by atoms with Crippen LogP contribution in [0.15, 0.2) is 0 Å². The first-order valence-electron chi connectivity index (χ1n) is 11.5. The molecule has 0 aromatic heterocycles. The third-order valence-corrected chi connectivity index (χ3v) is 9.48. The average molecular weight is 516 g/mol. The molecule has 0 amide bonds. The number of carbonyl (C=O) groups is 2. The van der Waals surface area contributed by atoms with Crippen LogP contribution in [0.2, 0.25) is 0 Å². The van der Waals surface area contributed by atoms with Crippen molar-refractivity contribution in [1.29, 1.82) is 0 Å². The Balaban J connectivity index is 2.77. The van der Waals surface area contributed by atoms with Crippen molar-refractivity contribution in [1.82, 2.24) is 0 Å². The second-order valence-electron chi connectivity index (χ2n) is 9.46. The largest absolute Gasteiger partial charge is 0.407 e. The fourth-order valence-corrected chi connectivity index (χ4v) is 6.96. The number of halogens is 2. The highest BCUT2D eigenvalue weighted by Gasteiger charge is 2.60. The molecule has 1 saturated heterocycles. The number of Topliss-reactive ketones (excluding diaryl/α,β-unsaturated/α-hetero) is 2. The van der Waals surface area contributed by atoms with Crippen molar-refractivity contribution in [3.8, 4) is 0 Å². The lowest BCUT2D eigenvalue weighted by Gasteiger charge is -2.40. The highest BCUT2D eigenvalue weighted by Crippen LogP contribution is 2.63. The van der Waals surface area contributed by atoms with Crippen LogP contribution in [0.4, 0.5) is 8.78 Å². The molecule has 11 heteroatoms. The third-order valence-electron chi connectivity index (χ3n) is 5.54. The summed E-state index contributed by atoms with van der Waals surface area (Å²) < 4.78 is 64.2. The maximum absolute atomic E-state index is 15.0. The van der Waals surface area contributed by atoms with Gasteiger partial charge in [0.25, 0.3) is 0 Å². The van der Waals surface area contributed by atoms with E-state index in [0.29, 0.717) is 19.3 Å². The van der Waals surface area contributed by atoms with Crippen molar-refractivity contribution in [3.05, 3.63) is 0 Å². The van der Waals surface area contributed by atoms with Crippen molar-refractivity contribution in [2.75, 3.05) is 32.6 Å². The summed E-state index contributed by atoms with van der Waals surface area (Å²) in [5.74, 6) is -2.66. The maximum atomic E-state index is 15.0. The predicted molar refractivity (Wildman–Crippen MR) is 127 cm³/mol. The van der Waals surface area contributed by atoms with Crippen molar-refractivity contribution in [2.45, 2.75) is 72.9 Å². The van der Waals surface area contributed by atoms with Gasteiger partial charge in [0.15, 0.2) is 0 Å². The Kier molecular flexibility index (Phi) is 11.6. The van der Waals surface area contributed by atoms with Crippen LogP contribution in [0.5, 0.6) is 0 Å². The molecule has 1 aliphatic heterocycles. The average Bonchev–Trinajstić information content (AvgIpc) is 2.76. The van der Waals surface area contributed by atoms with E-state index in [9.17, 15) is 22.9 Å². The number of hydrogen-bond donors (Lipinski definition) is 0. The lowest BCUT2D eigenvalue weighted by molar-refractivity contribution is -0.140. The summed E-state index contributed by atoms with van der Waals surface area (Å²) in [4.78, 5) is 24.7. The summed E-state index contributed by atoms with van der Waals surface area (Å²) in [5.41, 5.74) is -4.75. The van der Waals surface area contributed by atoms with Gasteiger partial charge in [0.1, 0.15) is 13.1 Å². The molecule has 7 nitrogen and oxygen atoms in total. The first-order chi connectivity index (χ1) is 15.2. The zero-order valence-corrected chi connectivity index (χ0v) is 22.5. The lowest BCUT2D eigenvalue weighted by atomic mass is 9.83. The topological polar surface area (TPSA) is 88.1 Å². The number of ketones is 2. The minimum absolute atomic E-state index is 0.0170. The van der Waals surface area contributed by atoms with Gasteiger partial charge >= 0.3 is 13.3 Å². The molecule has 1 atom stereocenters. The van der Waals surface area contributed by atoms with Crippen LogP contribution in [-0.2, 0) is 32.2 Å². The Morgan fingerprint density at radius 1 is 1.12 bits per heavy atom. The fraction of sp³-hybridized carbons (Fsp3) is 0.864. The van der Waals surface area contributed by atoms with Crippen molar-refractivity contribution >= 4 is 32.8 Å². The van der Waals surface area contributed by atoms with Gasteiger partial charge in [-0.25, -0.2) is 0 Å². The summed E-state index contributed by atoms with van der Waals surface area (Å²) >= 11 is 0. The van der Waals surface area contributed by atoms with Gasteiger partial charge in [-0.15, -0.1) is 0 Å². The molecule has 0 aromatic carbocycles. The summed E-state index contributed by atoms with van der Waals surface area (Å²) in [7, 11) is -7.49. The van der Waals surface area contributed by atoms with E-state index in [0.717, 1.165) is 0 Å². The van der Waals surface area contributed by atoms with E-state index in [1.54, 1.807) is 27.7 Å². The van der Waals surface area contributed by atoms with Crippen LogP contribution in [0.3, 0.4) is 0 Å². The summed E-state index contributed by atoms with van der Waals surface area (Å²) in [6.45, 7) is 10.3. The highest BCUT2D eigenvalue weighted by molar-refractivity contribution is 7.65. The second-order valence-corrected chi connectivity index (χ2v) is 14.0. The molecule has 0 spiro atoms. The predicted octanol–water partition coefficient (Wildman–Crippen LogP) is 6.17. The number of hydrogen-bond acceptors (Lipinski definition) is 7. The van der Waals surface area contributed by atoms with Crippen LogP contribution >= 0.6 is 14.9 Å². The molecule has 0 N–H and O–H groups in total. The number of alkyl halides is 2. The van der Waals surface area contributed by atoms with Crippen LogP contribution in [-0.4, -0.2) is 56.1 Å². The smallest absolute Gasteiger partial charge is 0.336 e. The molecule has 0 bridgehead atoms. The Morgan fingerprint density at radius 2 is 1.61 bits per heavy atom. The highest BCUT2D eigenvalue weighted by atomic mass is 31.2. The molecule has 0 radical (unpaired) electrons. The van der Waals surface area contributed by atoms with E-state index in [1.165, 1.54) is 6.92 Å². The van der Waals surface area contributed by atoms with Gasteiger partial charge in [-0.1, -0.05) is 47.8 Å². The van der Waals surface area contributed by atoms with Crippen LogP contribution in [0, 0.1) is 17.3 Å². The fourth-order valence-electron chi connectivity index (χ4n) is 3.03. The van der Waals surface area contributed by atoms with Gasteiger partial charge in [0, 0.05) is 17.3 Å². The van der Waals surface area contributed by atoms with E-state index < -0.39 is 37.7 Å². The summed E-state index contributed by atoms with van der Waals surface area (Å²) in [6.07, 6.45) is 5.31. The van der Waals surface area contributed by atoms with Crippen LogP contribution in [0.25, 0.3) is 0 Å². The SMILES string of the molecule is C=P1(CC(=O)C(C)C)OCC(C)(CCC(C)C(=O)C(F)(F)P(=O)(OCCC)OCCC)CO1. The van der Waals surface area contributed by atoms with E-state index >= 15 is 0 Å². The summed E-state index contributed by atoms with van der Waals surface area (Å²) in [5, 5.41) is 0. The molecular formula is C22H40F2O7P2. The van der Waals surface area contributed by atoms with Crippen molar-refractivity contribution in [2.24, 2.45) is 17.3 Å². The van der Waals surface area contributed by atoms with Crippen LogP contribution in [0.1, 0.15) is 67.2 Å². The number of rotatable bonds is 15. The van der Waals surface area contributed by atoms with Gasteiger partial charge in [-0.3, -0.25) is 14.2 Å². The normalized spacial score (nSPS) is 25.2. The second kappa shape index (κ2) is 12.5. The standard InChI is InChI=1S/C22H40F2O7P2/c1-8-12-28-33(27,29-13-9-2)22(23,24)20(26)18(5)10-11-21(6)15-30-32(7,31-16-21)14-19(25)17(3)4/h17-18H,7-16H2,1-6H3. The van der Waals surface area contributed by atoms with E-state index in [4.69, 9.17) is 18.1 Å². The van der Waals surface area contributed by atoms with E-state index in [2.05, 4.69) is 6.30 Å². The van der Waals surface area contributed by atoms with Crippen LogP contribution < -0.4 is 0 Å². The van der Waals surface area contributed by atoms with Gasteiger partial charge in [0.2, 0.25) is 5.78 Å². The first kappa shape index (κ1) is 30.6. The molecule has 33 heavy (non-hydrogen) atoms. The zero-order chi connectivity index (χ0) is 25.5. The number of carbonyl (C=O) groups excluding carboxylic acids is 2. The maximum Gasteiger partial charge on any atom is 0.407 e. The monoisotopic (exact) mass is 516 g/mol. The first-order valence-corrected chi connectivity index (χ1v) is 15.0. The van der Waals surface area contributed by atoms with Crippen molar-refractivity contribution < 1.29 is 41.0 Å². The Labute approximate surface area is 196 Å². The van der Waals surface area contributed by atoms with Crippen molar-refractivity contribution in [3.63, 3.8) is 0 Å². The molecule has 1 rings (SSSR count). The van der Waals surface area contributed by atoms with Gasteiger partial charge in [0.05, 0.1) is 32.6 Å². The van der Waals surface area contributed by atoms with E-state index in [1.807, 2.05) is 6.92 Å². The molecule has 194 valence electrons. The molecule has 0 aromatic rings. The third kappa shape index (κ3) is 8.33. The Bertz CT molecular complexity index is 746. The molecule has 1 heterocycles. The molecule has 1 aliphatic rings. The van der Waals surface area contributed by atoms with E-state index in [-0.39, 0.29) is 50.7 Å². The molecular weight excluding hydrogens is 476 g/mol. The molecule has 1 fully saturated rings. The van der Waals surface area contributed by atoms with Gasteiger partial charge in [-0.2, -0.15) is 8.78 Å². The minimum atomic E-state index is -4.95. The Morgan fingerprint density at radius 3 is 2.03 bits per heavy atom. The Hall–Kier alpha value is -0.430. The zero-order valence-electron chi connectivity index (χ0n) is 20.7. The van der Waals surface area contributed by atoms with Gasteiger partial charge < -0.3 is 18.1 Å². The quantitative estimate of drug-likeness (QED) is 0.241. The lowest BCUT2D eigenvalue weighted by Crippen LogP contribution is -2.38. The summed E-state index contributed by atoms with van der Waals surface area (Å²) in [6, 6.07) is 0. The molecule has 0 saturated carbocycles. The molecule has 0 aliphatic carbocycles. The minimum Gasteiger partial charge on any atom is -0.336 e. The molecule has 1 unspecified atom stereocenters. The van der Waals surface area contributed by atoms with Gasteiger partial charge in [-0.05, 0) is 25.7 Å².